The van der Waals surface area contributed by atoms with Crippen molar-refractivity contribution in [3.63, 3.8) is 0 Å². The summed E-state index contributed by atoms with van der Waals surface area (Å²) in [6.07, 6.45) is 6.35. The van der Waals surface area contributed by atoms with Gasteiger partial charge in [0.1, 0.15) is 5.75 Å². The molecule has 0 heterocycles. The van der Waals surface area contributed by atoms with Crippen LogP contribution in [0.4, 0.5) is 0 Å². The van der Waals surface area contributed by atoms with E-state index in [-0.39, 0.29) is 0 Å². The van der Waals surface area contributed by atoms with Gasteiger partial charge in [-0.15, -0.1) is 0 Å². The molecule has 0 saturated heterocycles. The maximum atomic E-state index is 6.14. The normalized spacial score (nSPS) is 17.4. The Balaban J connectivity index is 2.36. The predicted molar refractivity (Wildman–Crippen MR) is 68.8 cm³/mol. The SMILES string of the molecule is COc1c(Cl)cc(Cl)cc1C1CCCCC1. The van der Waals surface area contributed by atoms with Crippen molar-refractivity contribution in [1.29, 1.82) is 0 Å². The highest BCUT2D eigenvalue weighted by atomic mass is 35.5. The molecule has 1 aliphatic carbocycles. The molecule has 0 bridgehead atoms. The first kappa shape index (κ1) is 12.1. The molecule has 16 heavy (non-hydrogen) atoms. The van der Waals surface area contributed by atoms with E-state index in [1.807, 2.05) is 6.07 Å². The second-order valence-electron chi connectivity index (χ2n) is 4.35. The summed E-state index contributed by atoms with van der Waals surface area (Å²) in [5.41, 5.74) is 1.18. The number of rotatable bonds is 2. The van der Waals surface area contributed by atoms with Crippen molar-refractivity contribution in [2.24, 2.45) is 0 Å². The molecular weight excluding hydrogens is 243 g/mol. The van der Waals surface area contributed by atoms with Crippen LogP contribution < -0.4 is 4.74 Å². The van der Waals surface area contributed by atoms with Gasteiger partial charge >= 0.3 is 0 Å². The molecule has 1 fully saturated rings. The number of benzene rings is 1. The van der Waals surface area contributed by atoms with Crippen molar-refractivity contribution in [3.05, 3.63) is 27.7 Å². The Labute approximate surface area is 107 Å². The smallest absolute Gasteiger partial charge is 0.141 e. The highest BCUT2D eigenvalue weighted by Gasteiger charge is 2.21. The summed E-state index contributed by atoms with van der Waals surface area (Å²) in [5.74, 6) is 1.36. The molecule has 1 aromatic carbocycles. The first-order chi connectivity index (χ1) is 7.72. The lowest BCUT2D eigenvalue weighted by atomic mass is 9.84. The molecule has 0 aliphatic heterocycles. The lowest BCUT2D eigenvalue weighted by Crippen LogP contribution is -2.06. The van der Waals surface area contributed by atoms with Crippen LogP contribution >= 0.6 is 23.2 Å². The lowest BCUT2D eigenvalue weighted by molar-refractivity contribution is 0.387. The van der Waals surface area contributed by atoms with Gasteiger partial charge in [-0.05, 0) is 30.9 Å². The van der Waals surface area contributed by atoms with Gasteiger partial charge in [0, 0.05) is 10.6 Å². The Hall–Kier alpha value is -0.400. The molecule has 1 aromatic rings. The van der Waals surface area contributed by atoms with E-state index >= 15 is 0 Å². The molecule has 0 atom stereocenters. The Morgan fingerprint density at radius 2 is 1.81 bits per heavy atom. The summed E-state index contributed by atoms with van der Waals surface area (Å²) in [6.45, 7) is 0. The van der Waals surface area contributed by atoms with Crippen LogP contribution in [0, 0.1) is 0 Å². The van der Waals surface area contributed by atoms with Crippen molar-refractivity contribution < 1.29 is 4.74 Å². The van der Waals surface area contributed by atoms with Crippen molar-refractivity contribution in [1.82, 2.24) is 0 Å². The molecule has 0 aromatic heterocycles. The van der Waals surface area contributed by atoms with E-state index in [1.165, 1.54) is 37.7 Å². The van der Waals surface area contributed by atoms with Crippen LogP contribution in [0.5, 0.6) is 5.75 Å². The Kier molecular flexibility index (Phi) is 3.99. The van der Waals surface area contributed by atoms with Crippen molar-refractivity contribution in [3.8, 4) is 5.75 Å². The quantitative estimate of drug-likeness (QED) is 0.722. The van der Waals surface area contributed by atoms with Crippen LogP contribution in [0.25, 0.3) is 0 Å². The van der Waals surface area contributed by atoms with Gasteiger partial charge in [-0.25, -0.2) is 0 Å². The minimum absolute atomic E-state index is 0.555. The minimum Gasteiger partial charge on any atom is -0.495 e. The Morgan fingerprint density at radius 1 is 1.12 bits per heavy atom. The predicted octanol–water partition coefficient (Wildman–Crippen LogP) is 5.05. The maximum absolute atomic E-state index is 6.14. The van der Waals surface area contributed by atoms with Gasteiger partial charge in [0.25, 0.3) is 0 Å². The van der Waals surface area contributed by atoms with E-state index < -0.39 is 0 Å². The second kappa shape index (κ2) is 5.29. The average Bonchev–Trinajstić information content (AvgIpc) is 2.29. The van der Waals surface area contributed by atoms with Crippen molar-refractivity contribution >= 4 is 23.2 Å². The molecule has 1 nitrogen and oxygen atoms in total. The monoisotopic (exact) mass is 258 g/mol. The maximum Gasteiger partial charge on any atom is 0.141 e. The summed E-state index contributed by atoms with van der Waals surface area (Å²) in [7, 11) is 1.67. The lowest BCUT2D eigenvalue weighted by Gasteiger charge is -2.24. The fourth-order valence-electron chi connectivity index (χ4n) is 2.51. The third-order valence-corrected chi connectivity index (χ3v) is 3.79. The third kappa shape index (κ3) is 2.46. The topological polar surface area (TPSA) is 9.23 Å². The van der Waals surface area contributed by atoms with Crippen LogP contribution in [-0.2, 0) is 0 Å². The zero-order valence-corrected chi connectivity index (χ0v) is 10.9. The van der Waals surface area contributed by atoms with Crippen molar-refractivity contribution in [2.45, 2.75) is 38.0 Å². The summed E-state index contributed by atoms with van der Waals surface area (Å²) in [5, 5.41) is 1.32. The molecule has 1 saturated carbocycles. The Morgan fingerprint density at radius 3 is 2.44 bits per heavy atom. The largest absolute Gasteiger partial charge is 0.495 e. The molecule has 3 heteroatoms. The van der Waals surface area contributed by atoms with Crippen molar-refractivity contribution in [2.75, 3.05) is 7.11 Å². The molecule has 1 aliphatic rings. The Bertz CT molecular complexity index is 370. The van der Waals surface area contributed by atoms with Crippen LogP contribution in [-0.4, -0.2) is 7.11 Å². The molecule has 88 valence electrons. The fraction of sp³-hybridized carbons (Fsp3) is 0.538. The first-order valence-electron chi connectivity index (χ1n) is 5.75. The number of ether oxygens (including phenoxy) is 1. The van der Waals surface area contributed by atoms with E-state index in [0.29, 0.717) is 16.0 Å². The summed E-state index contributed by atoms with van der Waals surface area (Å²) in [6, 6.07) is 3.75. The molecule has 0 N–H and O–H groups in total. The van der Waals surface area contributed by atoms with E-state index in [0.717, 1.165) is 5.75 Å². The van der Waals surface area contributed by atoms with Gasteiger partial charge < -0.3 is 4.74 Å². The molecule has 0 spiro atoms. The molecule has 2 rings (SSSR count). The number of hydrogen-bond donors (Lipinski definition) is 0. The van der Waals surface area contributed by atoms with E-state index in [1.54, 1.807) is 13.2 Å². The zero-order chi connectivity index (χ0) is 11.5. The highest BCUT2D eigenvalue weighted by Crippen LogP contribution is 2.42. The van der Waals surface area contributed by atoms with Crippen LogP contribution in [0.2, 0.25) is 10.0 Å². The van der Waals surface area contributed by atoms with Gasteiger partial charge in [0.15, 0.2) is 0 Å². The minimum atomic E-state index is 0.555. The van der Waals surface area contributed by atoms with Crippen LogP contribution in [0.15, 0.2) is 12.1 Å². The molecule has 0 amide bonds. The van der Waals surface area contributed by atoms with Gasteiger partial charge in [-0.1, -0.05) is 42.5 Å². The average molecular weight is 259 g/mol. The standard InChI is InChI=1S/C13H16Cl2O/c1-16-13-11(7-10(14)8-12(13)15)9-5-3-2-4-6-9/h7-9H,2-6H2,1H3. The van der Waals surface area contributed by atoms with Gasteiger partial charge in [-0.3, -0.25) is 0 Å². The number of methoxy groups -OCH3 is 1. The zero-order valence-electron chi connectivity index (χ0n) is 9.43. The molecular formula is C13H16Cl2O. The fourth-order valence-corrected chi connectivity index (χ4v) is 3.10. The van der Waals surface area contributed by atoms with Crippen LogP contribution in [0.3, 0.4) is 0 Å². The molecule has 0 radical (unpaired) electrons. The first-order valence-corrected chi connectivity index (χ1v) is 6.51. The second-order valence-corrected chi connectivity index (χ2v) is 5.19. The molecule has 0 unspecified atom stereocenters. The van der Waals surface area contributed by atoms with E-state index in [9.17, 15) is 0 Å². The van der Waals surface area contributed by atoms with Crippen LogP contribution in [0.1, 0.15) is 43.6 Å². The van der Waals surface area contributed by atoms with Gasteiger partial charge in [-0.2, -0.15) is 0 Å². The number of hydrogen-bond acceptors (Lipinski definition) is 1. The highest BCUT2D eigenvalue weighted by molar-refractivity contribution is 6.35. The van der Waals surface area contributed by atoms with Gasteiger partial charge in [0.2, 0.25) is 0 Å². The van der Waals surface area contributed by atoms with Gasteiger partial charge in [0.05, 0.1) is 12.1 Å². The summed E-state index contributed by atoms with van der Waals surface area (Å²) in [4.78, 5) is 0. The summed E-state index contributed by atoms with van der Waals surface area (Å²) >= 11 is 12.2. The summed E-state index contributed by atoms with van der Waals surface area (Å²) < 4.78 is 5.39. The third-order valence-electron chi connectivity index (χ3n) is 3.29. The number of halogens is 2. The van der Waals surface area contributed by atoms with E-state index in [2.05, 4.69) is 0 Å². The van der Waals surface area contributed by atoms with E-state index in [4.69, 9.17) is 27.9 Å².